The summed E-state index contributed by atoms with van der Waals surface area (Å²) in [6, 6.07) is 13.3. The first kappa shape index (κ1) is 14.2. The predicted molar refractivity (Wildman–Crippen MR) is 80.8 cm³/mol. The number of aryl methyl sites for hydroxylation is 1. The van der Waals surface area contributed by atoms with Crippen molar-refractivity contribution >= 4 is 15.9 Å². The number of hydrogen-bond donors (Lipinski definition) is 1. The normalized spacial score (nSPS) is 12.4. The zero-order valence-corrected chi connectivity index (χ0v) is 12.5. The minimum absolute atomic E-state index is 0.150. The van der Waals surface area contributed by atoms with E-state index in [0.717, 1.165) is 4.47 Å². The van der Waals surface area contributed by atoms with Crippen LogP contribution in [0.3, 0.4) is 0 Å². The average molecular weight is 322 g/mol. The highest BCUT2D eigenvalue weighted by atomic mass is 79.9. The first-order chi connectivity index (χ1) is 9.11. The summed E-state index contributed by atoms with van der Waals surface area (Å²) in [5.41, 5.74) is 8.99. The van der Waals surface area contributed by atoms with Gasteiger partial charge in [-0.05, 0) is 48.7 Å². The van der Waals surface area contributed by atoms with Crippen molar-refractivity contribution in [2.75, 3.05) is 6.54 Å². The molecule has 100 valence electrons. The second kappa shape index (κ2) is 6.31. The van der Waals surface area contributed by atoms with E-state index >= 15 is 0 Å². The summed E-state index contributed by atoms with van der Waals surface area (Å²) < 4.78 is 14.7. The summed E-state index contributed by atoms with van der Waals surface area (Å²) in [6.07, 6.45) is 0.625. The molecule has 1 unspecified atom stereocenters. The fourth-order valence-electron chi connectivity index (χ4n) is 2.32. The van der Waals surface area contributed by atoms with Crippen LogP contribution < -0.4 is 5.73 Å². The second-order valence-electron chi connectivity index (χ2n) is 4.73. The van der Waals surface area contributed by atoms with E-state index in [1.165, 1.54) is 17.2 Å². The molecule has 19 heavy (non-hydrogen) atoms. The zero-order chi connectivity index (χ0) is 13.8. The van der Waals surface area contributed by atoms with Crippen molar-refractivity contribution < 1.29 is 4.39 Å². The van der Waals surface area contributed by atoms with Gasteiger partial charge in [0.05, 0.1) is 0 Å². The molecule has 0 amide bonds. The van der Waals surface area contributed by atoms with Gasteiger partial charge in [0.2, 0.25) is 0 Å². The van der Waals surface area contributed by atoms with E-state index in [2.05, 4.69) is 35.0 Å². The summed E-state index contributed by atoms with van der Waals surface area (Å²) in [5, 5.41) is 0. The molecule has 2 N–H and O–H groups in total. The Morgan fingerprint density at radius 2 is 1.95 bits per heavy atom. The lowest BCUT2D eigenvalue weighted by Crippen LogP contribution is -2.16. The van der Waals surface area contributed by atoms with Crippen LogP contribution in [0.1, 0.15) is 22.6 Å². The van der Waals surface area contributed by atoms with Gasteiger partial charge in [-0.25, -0.2) is 4.39 Å². The van der Waals surface area contributed by atoms with Gasteiger partial charge in [-0.1, -0.05) is 46.3 Å². The molecular weight excluding hydrogens is 305 g/mol. The lowest BCUT2D eigenvalue weighted by Gasteiger charge is -2.18. The molecule has 0 fully saturated rings. The van der Waals surface area contributed by atoms with E-state index in [4.69, 9.17) is 5.73 Å². The van der Waals surface area contributed by atoms with Crippen molar-refractivity contribution in [3.63, 3.8) is 0 Å². The monoisotopic (exact) mass is 321 g/mol. The van der Waals surface area contributed by atoms with Crippen molar-refractivity contribution in [2.24, 2.45) is 5.73 Å². The number of rotatable bonds is 4. The van der Waals surface area contributed by atoms with Crippen molar-refractivity contribution in [1.29, 1.82) is 0 Å². The SMILES string of the molecule is Cc1ccccc1C(CN)Cc1ccc(Br)cc1F. The van der Waals surface area contributed by atoms with Crippen LogP contribution in [0.2, 0.25) is 0 Å². The Kier molecular flexibility index (Phi) is 4.72. The number of hydrogen-bond acceptors (Lipinski definition) is 1. The average Bonchev–Trinajstić information content (AvgIpc) is 2.39. The van der Waals surface area contributed by atoms with E-state index in [1.54, 1.807) is 0 Å². The Hall–Kier alpha value is -1.19. The highest BCUT2D eigenvalue weighted by molar-refractivity contribution is 9.10. The van der Waals surface area contributed by atoms with E-state index < -0.39 is 0 Å². The van der Waals surface area contributed by atoms with Crippen LogP contribution in [0.25, 0.3) is 0 Å². The molecule has 0 heterocycles. The highest BCUT2D eigenvalue weighted by Crippen LogP contribution is 2.25. The minimum atomic E-state index is -0.179. The molecule has 2 rings (SSSR count). The largest absolute Gasteiger partial charge is 0.330 e. The maximum Gasteiger partial charge on any atom is 0.127 e. The lowest BCUT2D eigenvalue weighted by molar-refractivity contribution is 0.589. The smallest absolute Gasteiger partial charge is 0.127 e. The van der Waals surface area contributed by atoms with Gasteiger partial charge < -0.3 is 5.73 Å². The summed E-state index contributed by atoms with van der Waals surface area (Å²) in [5.74, 6) is -0.0294. The highest BCUT2D eigenvalue weighted by Gasteiger charge is 2.15. The molecule has 1 atom stereocenters. The Morgan fingerprint density at radius 1 is 1.21 bits per heavy atom. The van der Waals surface area contributed by atoms with Crippen LogP contribution in [-0.4, -0.2) is 6.54 Å². The number of benzene rings is 2. The third-order valence-corrected chi connectivity index (χ3v) is 3.89. The molecule has 3 heteroatoms. The minimum Gasteiger partial charge on any atom is -0.330 e. The van der Waals surface area contributed by atoms with Gasteiger partial charge in [0.25, 0.3) is 0 Å². The van der Waals surface area contributed by atoms with Gasteiger partial charge >= 0.3 is 0 Å². The fraction of sp³-hybridized carbons (Fsp3) is 0.250. The summed E-state index contributed by atoms with van der Waals surface area (Å²) >= 11 is 3.27. The van der Waals surface area contributed by atoms with E-state index in [9.17, 15) is 4.39 Å². The van der Waals surface area contributed by atoms with Crippen LogP contribution in [-0.2, 0) is 6.42 Å². The molecule has 2 aromatic carbocycles. The first-order valence-corrected chi connectivity index (χ1v) is 7.10. The van der Waals surface area contributed by atoms with Gasteiger partial charge in [-0.2, -0.15) is 0 Å². The molecule has 2 aromatic rings. The van der Waals surface area contributed by atoms with Crippen LogP contribution >= 0.6 is 15.9 Å². The van der Waals surface area contributed by atoms with Crippen molar-refractivity contribution in [1.82, 2.24) is 0 Å². The van der Waals surface area contributed by atoms with E-state index in [0.29, 0.717) is 18.5 Å². The maximum absolute atomic E-state index is 13.9. The second-order valence-corrected chi connectivity index (χ2v) is 5.64. The van der Waals surface area contributed by atoms with Crippen molar-refractivity contribution in [3.8, 4) is 0 Å². The van der Waals surface area contributed by atoms with Gasteiger partial charge in [-0.3, -0.25) is 0 Å². The van der Waals surface area contributed by atoms with Crippen LogP contribution in [0.5, 0.6) is 0 Å². The maximum atomic E-state index is 13.9. The Balaban J connectivity index is 2.27. The summed E-state index contributed by atoms with van der Waals surface area (Å²) in [4.78, 5) is 0. The lowest BCUT2D eigenvalue weighted by atomic mass is 9.89. The molecule has 1 nitrogen and oxygen atoms in total. The number of nitrogens with two attached hydrogens (primary N) is 1. The molecular formula is C16H17BrFN. The van der Waals surface area contributed by atoms with E-state index in [-0.39, 0.29) is 11.7 Å². The van der Waals surface area contributed by atoms with Crippen LogP contribution in [0, 0.1) is 12.7 Å². The molecule has 0 aliphatic heterocycles. The molecule has 0 saturated heterocycles. The molecule has 0 spiro atoms. The molecule has 0 aliphatic carbocycles. The van der Waals surface area contributed by atoms with Gasteiger partial charge in [0, 0.05) is 10.4 Å². The Bertz CT molecular complexity index is 568. The topological polar surface area (TPSA) is 26.0 Å². The molecule has 0 radical (unpaired) electrons. The fourth-order valence-corrected chi connectivity index (χ4v) is 2.65. The third-order valence-electron chi connectivity index (χ3n) is 3.39. The van der Waals surface area contributed by atoms with E-state index in [1.807, 2.05) is 24.3 Å². The molecule has 0 bridgehead atoms. The molecule has 0 saturated carbocycles. The Morgan fingerprint density at radius 3 is 2.58 bits per heavy atom. The van der Waals surface area contributed by atoms with Gasteiger partial charge in [0.15, 0.2) is 0 Å². The predicted octanol–water partition coefficient (Wildman–Crippen LogP) is 4.18. The standard InChI is InChI=1S/C16H17BrFN/c1-11-4-2-3-5-15(11)13(10-19)8-12-6-7-14(17)9-16(12)18/h2-7,9,13H,8,10,19H2,1H3. The number of halogens is 2. The quantitative estimate of drug-likeness (QED) is 0.898. The summed E-state index contributed by atoms with van der Waals surface area (Å²) in [6.45, 7) is 2.58. The van der Waals surface area contributed by atoms with Crippen LogP contribution in [0.15, 0.2) is 46.9 Å². The van der Waals surface area contributed by atoms with Crippen molar-refractivity contribution in [2.45, 2.75) is 19.3 Å². The molecule has 0 aliphatic rings. The van der Waals surface area contributed by atoms with Gasteiger partial charge in [0.1, 0.15) is 5.82 Å². The Labute approximate surface area is 121 Å². The first-order valence-electron chi connectivity index (χ1n) is 6.31. The third kappa shape index (κ3) is 3.43. The van der Waals surface area contributed by atoms with Crippen LogP contribution in [0.4, 0.5) is 4.39 Å². The van der Waals surface area contributed by atoms with Gasteiger partial charge in [-0.15, -0.1) is 0 Å². The molecule has 0 aromatic heterocycles. The zero-order valence-electron chi connectivity index (χ0n) is 10.9. The van der Waals surface area contributed by atoms with Crippen molar-refractivity contribution in [3.05, 3.63) is 69.4 Å². The summed E-state index contributed by atoms with van der Waals surface area (Å²) in [7, 11) is 0.